The molecular weight excluding hydrogens is 212 g/mol. The van der Waals surface area contributed by atoms with E-state index in [0.29, 0.717) is 0 Å². The number of hydrogen-bond donors (Lipinski definition) is 0. The van der Waals surface area contributed by atoms with Gasteiger partial charge in [-0.1, -0.05) is 12.7 Å². The fraction of sp³-hybridized carbons (Fsp3) is 0.300. The van der Waals surface area contributed by atoms with E-state index in [1.807, 2.05) is 0 Å². The second kappa shape index (κ2) is 5.69. The second-order valence-corrected chi connectivity index (χ2v) is 2.66. The highest BCUT2D eigenvalue weighted by molar-refractivity contribution is 5.85. The lowest BCUT2D eigenvalue weighted by molar-refractivity contribution is 0.0533. The summed E-state index contributed by atoms with van der Waals surface area (Å²) in [6, 6.07) is 1.46. The average Bonchev–Trinajstić information content (AvgIpc) is 2.35. The van der Waals surface area contributed by atoms with E-state index in [1.165, 1.54) is 26.4 Å². The molecule has 0 N–H and O–H groups in total. The zero-order chi connectivity index (χ0) is 12.0. The normalized spacial score (nSPS) is 9.38. The molecule has 0 saturated heterocycles. The Hall–Kier alpha value is -2.11. The third kappa shape index (κ3) is 2.94. The topological polar surface area (TPSA) is 70.5 Å². The molecule has 1 aromatic heterocycles. The van der Waals surface area contributed by atoms with Gasteiger partial charge in [0.1, 0.15) is 6.61 Å². The van der Waals surface area contributed by atoms with E-state index in [9.17, 15) is 4.79 Å². The van der Waals surface area contributed by atoms with Crippen LogP contribution < -0.4 is 9.47 Å². The molecule has 6 nitrogen and oxygen atoms in total. The van der Waals surface area contributed by atoms with Crippen LogP contribution in [0.5, 0.6) is 11.8 Å². The lowest BCUT2D eigenvalue weighted by atomic mass is 10.5. The minimum Gasteiger partial charge on any atom is -0.481 e. The first kappa shape index (κ1) is 12.0. The number of carbonyl (C=O) groups is 1. The Morgan fingerprint density at radius 1 is 1.38 bits per heavy atom. The molecule has 1 rings (SSSR count). The van der Waals surface area contributed by atoms with Crippen molar-refractivity contribution in [2.24, 2.45) is 0 Å². The van der Waals surface area contributed by atoms with Crippen molar-refractivity contribution in [1.29, 1.82) is 0 Å². The Balaban J connectivity index is 2.93. The Kier molecular flexibility index (Phi) is 4.26. The molecule has 0 spiro atoms. The molecule has 0 saturated carbocycles. The maximum absolute atomic E-state index is 11.4. The van der Waals surface area contributed by atoms with Crippen LogP contribution in [0.1, 0.15) is 10.6 Å². The molecule has 0 fully saturated rings. The first-order valence-electron chi connectivity index (χ1n) is 4.46. The number of ether oxygens (including phenoxy) is 3. The summed E-state index contributed by atoms with van der Waals surface area (Å²) in [7, 11) is 2.86. The third-order valence-corrected chi connectivity index (χ3v) is 1.61. The SMILES string of the molecule is C=CCOC(=O)c1nc(OC)cc(OC)n1. The highest BCUT2D eigenvalue weighted by Gasteiger charge is 2.14. The smallest absolute Gasteiger partial charge is 0.376 e. The van der Waals surface area contributed by atoms with Gasteiger partial charge in [-0.3, -0.25) is 0 Å². The Morgan fingerprint density at radius 2 is 1.94 bits per heavy atom. The molecule has 1 heterocycles. The summed E-state index contributed by atoms with van der Waals surface area (Å²) in [6.07, 6.45) is 1.45. The van der Waals surface area contributed by atoms with E-state index in [-0.39, 0.29) is 24.2 Å². The standard InChI is InChI=1S/C10H12N2O4/c1-4-5-16-10(13)9-11-7(14-2)6-8(12-9)15-3/h4,6H,1,5H2,2-3H3. The molecule has 0 amide bonds. The van der Waals surface area contributed by atoms with Gasteiger partial charge in [-0.05, 0) is 0 Å². The molecule has 0 unspecified atom stereocenters. The van der Waals surface area contributed by atoms with Crippen molar-refractivity contribution >= 4 is 5.97 Å². The van der Waals surface area contributed by atoms with E-state index < -0.39 is 5.97 Å². The van der Waals surface area contributed by atoms with E-state index in [4.69, 9.17) is 14.2 Å². The maximum Gasteiger partial charge on any atom is 0.376 e. The highest BCUT2D eigenvalue weighted by atomic mass is 16.5. The molecular formula is C10H12N2O4. The minimum atomic E-state index is -0.655. The highest BCUT2D eigenvalue weighted by Crippen LogP contribution is 2.14. The van der Waals surface area contributed by atoms with Crippen molar-refractivity contribution in [3.05, 3.63) is 24.5 Å². The summed E-state index contributed by atoms with van der Waals surface area (Å²) in [5.74, 6) is -0.301. The summed E-state index contributed by atoms with van der Waals surface area (Å²) in [5.41, 5.74) is 0. The molecule has 0 aliphatic carbocycles. The van der Waals surface area contributed by atoms with Crippen LogP contribution in [0.25, 0.3) is 0 Å². The summed E-state index contributed by atoms with van der Waals surface area (Å²) in [6.45, 7) is 3.53. The number of methoxy groups -OCH3 is 2. The molecule has 1 aromatic rings. The summed E-state index contributed by atoms with van der Waals surface area (Å²) < 4.78 is 14.6. The van der Waals surface area contributed by atoms with Crippen LogP contribution in [-0.4, -0.2) is 36.8 Å². The average molecular weight is 224 g/mol. The third-order valence-electron chi connectivity index (χ3n) is 1.61. The van der Waals surface area contributed by atoms with Crippen molar-refractivity contribution in [3.63, 3.8) is 0 Å². The van der Waals surface area contributed by atoms with Crippen molar-refractivity contribution in [3.8, 4) is 11.8 Å². The summed E-state index contributed by atoms with van der Waals surface area (Å²) >= 11 is 0. The van der Waals surface area contributed by atoms with Gasteiger partial charge >= 0.3 is 5.97 Å². The summed E-state index contributed by atoms with van der Waals surface area (Å²) in [4.78, 5) is 19.1. The van der Waals surface area contributed by atoms with Crippen molar-refractivity contribution < 1.29 is 19.0 Å². The van der Waals surface area contributed by atoms with Crippen molar-refractivity contribution in [2.75, 3.05) is 20.8 Å². The van der Waals surface area contributed by atoms with Crippen LogP contribution in [0, 0.1) is 0 Å². The number of nitrogens with zero attached hydrogens (tertiary/aromatic N) is 2. The minimum absolute atomic E-state index is 0.0989. The van der Waals surface area contributed by atoms with Gasteiger partial charge in [0.15, 0.2) is 0 Å². The Morgan fingerprint density at radius 3 is 2.38 bits per heavy atom. The molecule has 0 aliphatic rings. The molecule has 0 bridgehead atoms. The number of aromatic nitrogens is 2. The van der Waals surface area contributed by atoms with E-state index in [1.54, 1.807) is 0 Å². The zero-order valence-corrected chi connectivity index (χ0v) is 9.10. The van der Waals surface area contributed by atoms with Crippen LogP contribution in [0.4, 0.5) is 0 Å². The second-order valence-electron chi connectivity index (χ2n) is 2.66. The molecule has 86 valence electrons. The van der Waals surface area contributed by atoms with Gasteiger partial charge in [0.25, 0.3) is 0 Å². The number of rotatable bonds is 5. The van der Waals surface area contributed by atoms with Crippen LogP contribution in [0.2, 0.25) is 0 Å². The number of carbonyl (C=O) groups excluding carboxylic acids is 1. The fourth-order valence-corrected chi connectivity index (χ4v) is 0.904. The summed E-state index contributed by atoms with van der Waals surface area (Å²) in [5, 5.41) is 0. The van der Waals surface area contributed by atoms with E-state index >= 15 is 0 Å². The number of hydrogen-bond acceptors (Lipinski definition) is 6. The molecule has 6 heteroatoms. The van der Waals surface area contributed by atoms with Gasteiger partial charge in [-0.15, -0.1) is 0 Å². The zero-order valence-electron chi connectivity index (χ0n) is 9.10. The van der Waals surface area contributed by atoms with Gasteiger partial charge in [0.2, 0.25) is 17.6 Å². The van der Waals surface area contributed by atoms with Gasteiger partial charge in [0, 0.05) is 0 Å². The lowest BCUT2D eigenvalue weighted by Crippen LogP contribution is -2.11. The Labute approximate surface area is 92.9 Å². The Bertz CT molecular complexity index is 370. The number of esters is 1. The van der Waals surface area contributed by atoms with Crippen molar-refractivity contribution in [2.45, 2.75) is 0 Å². The molecule has 0 atom stereocenters. The fourth-order valence-electron chi connectivity index (χ4n) is 0.904. The monoisotopic (exact) mass is 224 g/mol. The van der Waals surface area contributed by atoms with Crippen LogP contribution in [0.3, 0.4) is 0 Å². The molecule has 0 aromatic carbocycles. The van der Waals surface area contributed by atoms with Gasteiger partial charge in [-0.2, -0.15) is 9.97 Å². The van der Waals surface area contributed by atoms with Gasteiger partial charge in [-0.25, -0.2) is 4.79 Å². The van der Waals surface area contributed by atoms with Gasteiger partial charge < -0.3 is 14.2 Å². The largest absolute Gasteiger partial charge is 0.481 e. The van der Waals surface area contributed by atoms with E-state index in [0.717, 1.165) is 0 Å². The van der Waals surface area contributed by atoms with Crippen LogP contribution in [0.15, 0.2) is 18.7 Å². The molecule has 0 radical (unpaired) electrons. The van der Waals surface area contributed by atoms with Crippen LogP contribution in [-0.2, 0) is 4.74 Å². The van der Waals surface area contributed by atoms with Crippen molar-refractivity contribution in [1.82, 2.24) is 9.97 Å². The predicted octanol–water partition coefficient (Wildman–Crippen LogP) is 0.837. The van der Waals surface area contributed by atoms with E-state index in [2.05, 4.69) is 16.5 Å². The first-order valence-corrected chi connectivity index (χ1v) is 4.46. The predicted molar refractivity (Wildman–Crippen MR) is 55.6 cm³/mol. The maximum atomic E-state index is 11.4. The first-order chi connectivity index (χ1) is 7.71. The van der Waals surface area contributed by atoms with Gasteiger partial charge in [0.05, 0.1) is 20.3 Å². The quantitative estimate of drug-likeness (QED) is 0.545. The molecule has 0 aliphatic heterocycles. The lowest BCUT2D eigenvalue weighted by Gasteiger charge is -2.05. The van der Waals surface area contributed by atoms with Crippen LogP contribution >= 0.6 is 0 Å². The molecule has 16 heavy (non-hydrogen) atoms.